The number of aliphatic carboxylic acids is 1. The predicted octanol–water partition coefficient (Wildman–Crippen LogP) is 1.46. The first-order valence-electron chi connectivity index (χ1n) is 16.7. The Morgan fingerprint density at radius 2 is 1.62 bits per heavy atom. The zero-order chi connectivity index (χ0) is 39.0. The molecule has 4 rings (SSSR count). The summed E-state index contributed by atoms with van der Waals surface area (Å²) in [6.07, 6.45) is -8.76. The van der Waals surface area contributed by atoms with Gasteiger partial charge in [0.1, 0.15) is 6.61 Å². The zero-order valence-corrected chi connectivity index (χ0v) is 29.6. The molecular weight excluding hydrogens is 708 g/mol. The summed E-state index contributed by atoms with van der Waals surface area (Å²) >= 11 is 0. The second-order valence-electron chi connectivity index (χ2n) is 12.2. The molecule has 19 nitrogen and oxygen atoms in total. The van der Waals surface area contributed by atoms with Crippen LogP contribution in [-0.4, -0.2) is 127 Å². The number of aliphatic hydroxyl groups excluding tert-OH is 1. The van der Waals surface area contributed by atoms with E-state index in [1.807, 2.05) is 0 Å². The van der Waals surface area contributed by atoms with Crippen LogP contribution in [0.1, 0.15) is 63.2 Å². The van der Waals surface area contributed by atoms with Gasteiger partial charge in [-0.15, -0.1) is 0 Å². The number of nitrogens with zero attached hydrogens (tertiary/aromatic N) is 2. The Labute approximate surface area is 303 Å². The number of piperidine rings is 1. The third-order valence-corrected chi connectivity index (χ3v) is 8.36. The number of aliphatic hydroxyl groups is 1. The Bertz CT molecular complexity index is 1600. The fourth-order valence-electron chi connectivity index (χ4n) is 6.22. The third-order valence-electron chi connectivity index (χ3n) is 8.36. The molecule has 2 fully saturated rings. The number of anilines is 1. The smallest absolute Gasteiger partial charge is 0.416 e. The van der Waals surface area contributed by atoms with E-state index in [1.54, 1.807) is 0 Å². The molecule has 7 atom stereocenters. The van der Waals surface area contributed by atoms with Gasteiger partial charge in [0, 0.05) is 39.8 Å². The molecule has 0 bridgehead atoms. The molecule has 0 aromatic heterocycles. The van der Waals surface area contributed by atoms with E-state index < -0.39 is 84.8 Å². The van der Waals surface area contributed by atoms with E-state index in [0.717, 1.165) is 32.8 Å². The molecule has 19 heteroatoms. The van der Waals surface area contributed by atoms with Crippen molar-refractivity contribution in [3.8, 4) is 11.5 Å². The summed E-state index contributed by atoms with van der Waals surface area (Å²) < 4.78 is 44.3. The molecule has 1 unspecified atom stereocenters. The van der Waals surface area contributed by atoms with E-state index in [4.69, 9.17) is 37.9 Å². The van der Waals surface area contributed by atoms with Crippen LogP contribution in [0.3, 0.4) is 0 Å². The number of hydrogen-bond acceptors (Lipinski definition) is 16. The quantitative estimate of drug-likeness (QED) is 0.125. The van der Waals surface area contributed by atoms with E-state index in [1.165, 1.54) is 23.1 Å². The molecule has 0 saturated carbocycles. The highest BCUT2D eigenvalue weighted by atomic mass is 16.7. The highest BCUT2D eigenvalue weighted by Gasteiger charge is 2.56. The van der Waals surface area contributed by atoms with Crippen molar-refractivity contribution in [2.24, 2.45) is 0 Å². The molecule has 53 heavy (non-hydrogen) atoms. The maximum atomic E-state index is 14.2. The Balaban J connectivity index is 1.90. The fourth-order valence-corrected chi connectivity index (χ4v) is 6.22. The highest BCUT2D eigenvalue weighted by molar-refractivity contribution is 6.06. The Morgan fingerprint density at radius 1 is 0.962 bits per heavy atom. The largest absolute Gasteiger partial charge is 0.490 e. The molecule has 2 amide bonds. The van der Waals surface area contributed by atoms with Gasteiger partial charge in [0.25, 0.3) is 5.91 Å². The van der Waals surface area contributed by atoms with Gasteiger partial charge in [-0.05, 0) is 31.7 Å². The lowest BCUT2D eigenvalue weighted by Crippen LogP contribution is -2.64. The average molecular weight is 751 g/mol. The first-order chi connectivity index (χ1) is 25.2. The van der Waals surface area contributed by atoms with E-state index in [0.29, 0.717) is 19.3 Å². The minimum absolute atomic E-state index is 0.00658. The van der Waals surface area contributed by atoms with Crippen molar-refractivity contribution in [1.82, 2.24) is 4.90 Å². The summed E-state index contributed by atoms with van der Waals surface area (Å²) in [5.74, 6) is -6.11. The van der Waals surface area contributed by atoms with Crippen LogP contribution in [-0.2, 0) is 52.4 Å². The fraction of sp³-hybridized carbons (Fsp3) is 0.559. The molecule has 0 radical (unpaired) electrons. The lowest BCUT2D eigenvalue weighted by atomic mass is 9.97. The van der Waals surface area contributed by atoms with Gasteiger partial charge >= 0.3 is 35.9 Å². The van der Waals surface area contributed by atoms with Crippen molar-refractivity contribution in [2.45, 2.75) is 95.9 Å². The van der Waals surface area contributed by atoms with Crippen molar-refractivity contribution >= 4 is 47.5 Å². The van der Waals surface area contributed by atoms with Gasteiger partial charge in [-0.25, -0.2) is 14.5 Å². The first-order valence-corrected chi connectivity index (χ1v) is 16.7. The van der Waals surface area contributed by atoms with Gasteiger partial charge in [-0.2, -0.15) is 0 Å². The number of amides is 2. The number of fused-ring (bicyclic) bond motifs is 2. The van der Waals surface area contributed by atoms with E-state index in [9.17, 15) is 43.8 Å². The van der Waals surface area contributed by atoms with Gasteiger partial charge in [-0.3, -0.25) is 24.0 Å². The number of carboxylic acids is 1. The monoisotopic (exact) mass is 750 g/mol. The number of ether oxygens (including phenoxy) is 8. The molecule has 2 N–H and O–H groups in total. The number of hydrogen-bond donors (Lipinski definition) is 2. The van der Waals surface area contributed by atoms with Gasteiger partial charge in [0.15, 0.2) is 36.0 Å². The van der Waals surface area contributed by atoms with E-state index >= 15 is 0 Å². The maximum Gasteiger partial charge on any atom is 0.416 e. The van der Waals surface area contributed by atoms with Crippen LogP contribution >= 0.6 is 0 Å². The Kier molecular flexibility index (Phi) is 13.6. The van der Waals surface area contributed by atoms with Crippen LogP contribution in [0.2, 0.25) is 0 Å². The molecule has 1 aromatic rings. The molecule has 290 valence electrons. The summed E-state index contributed by atoms with van der Waals surface area (Å²) in [6.45, 7) is 6.37. The summed E-state index contributed by atoms with van der Waals surface area (Å²) in [5, 5.41) is 20.7. The van der Waals surface area contributed by atoms with Crippen LogP contribution < -0.4 is 14.4 Å². The topological polar surface area (TPSA) is 240 Å². The molecular formula is C34H42N2O17. The standard InChI is InChI=1S/C34H42N2O17/c1-6-13-48-34(45)36-22-16-23(47-14-9-11-25(40)41)24(15-20(22)30(42)35-12-8-7-10-21(35)31(36)43)52-33-29(51-19(4)39)27(50-18(3)38)26(49-17(2)37)28(53-33)32(44)46-5/h6,15-16,21,26-29,31,33,43H,1,7-14H2,2-5H3,(H,40,41)/t21-,26-,27-,28-,29+,31?,33+/m0/s1. The van der Waals surface area contributed by atoms with Crippen LogP contribution in [0.5, 0.6) is 11.5 Å². The highest BCUT2D eigenvalue weighted by Crippen LogP contribution is 2.43. The molecule has 3 aliphatic rings. The SMILES string of the molecule is C=CCOC(=O)N1c2cc(OCCCC(=O)O)c(O[C@@H]3O[C@H](C(=O)OC)[C@@H](OC(C)=O)[C@H](OC(C)=O)[C@H]3OC(C)=O)cc2C(=O)N2CCCC[C@H]2C1O. The number of carboxylic acid groups (broad SMARTS) is 1. The van der Waals surface area contributed by atoms with Crippen LogP contribution in [0, 0.1) is 0 Å². The number of carbonyl (C=O) groups is 7. The average Bonchev–Trinajstić information content (AvgIpc) is 3.18. The number of benzene rings is 1. The first kappa shape index (κ1) is 40.3. The van der Waals surface area contributed by atoms with Gasteiger partial charge in [0.05, 0.1) is 31.0 Å². The van der Waals surface area contributed by atoms with Crippen molar-refractivity contribution in [3.05, 3.63) is 30.4 Å². The summed E-state index contributed by atoms with van der Waals surface area (Å²) in [7, 11) is 1.01. The third kappa shape index (κ3) is 9.52. The molecule has 1 aromatic carbocycles. The number of methoxy groups -OCH3 is 1. The summed E-state index contributed by atoms with van der Waals surface area (Å²) in [5.41, 5.74) is -0.316. The molecule has 3 aliphatic heterocycles. The van der Waals surface area contributed by atoms with Crippen LogP contribution in [0.25, 0.3) is 0 Å². The second-order valence-corrected chi connectivity index (χ2v) is 12.2. The number of esters is 4. The minimum Gasteiger partial charge on any atom is -0.490 e. The van der Waals surface area contributed by atoms with Crippen molar-refractivity contribution in [2.75, 3.05) is 31.8 Å². The molecule has 3 heterocycles. The van der Waals surface area contributed by atoms with Crippen molar-refractivity contribution < 1.29 is 81.7 Å². The summed E-state index contributed by atoms with van der Waals surface area (Å²) in [6, 6.07) is 1.54. The maximum absolute atomic E-state index is 14.2. The lowest BCUT2D eigenvalue weighted by Gasteiger charge is -2.43. The van der Waals surface area contributed by atoms with Gasteiger partial charge < -0.3 is 53.0 Å². The second kappa shape index (κ2) is 17.9. The Hall–Kier alpha value is -5.43. The van der Waals surface area contributed by atoms with Crippen molar-refractivity contribution in [3.63, 3.8) is 0 Å². The normalized spacial score (nSPS) is 25.0. The summed E-state index contributed by atoms with van der Waals surface area (Å²) in [4.78, 5) is 90.9. The van der Waals surface area contributed by atoms with Crippen LogP contribution in [0.4, 0.5) is 10.5 Å². The lowest BCUT2D eigenvalue weighted by molar-refractivity contribution is -0.282. The molecule has 0 aliphatic carbocycles. The number of carbonyl (C=O) groups excluding carboxylic acids is 6. The Morgan fingerprint density at radius 3 is 2.25 bits per heavy atom. The molecule has 2 saturated heterocycles. The number of rotatable bonds is 13. The van der Waals surface area contributed by atoms with E-state index in [2.05, 4.69) is 6.58 Å². The molecule has 0 spiro atoms. The minimum atomic E-state index is -1.86. The predicted molar refractivity (Wildman–Crippen MR) is 175 cm³/mol. The van der Waals surface area contributed by atoms with E-state index in [-0.39, 0.29) is 55.4 Å². The van der Waals surface area contributed by atoms with Gasteiger partial charge in [-0.1, -0.05) is 12.7 Å². The zero-order valence-electron chi connectivity index (χ0n) is 29.6. The van der Waals surface area contributed by atoms with Gasteiger partial charge in [0.2, 0.25) is 12.4 Å². The van der Waals surface area contributed by atoms with Crippen LogP contribution in [0.15, 0.2) is 24.8 Å². The van der Waals surface area contributed by atoms with Crippen molar-refractivity contribution in [1.29, 1.82) is 0 Å².